The van der Waals surface area contributed by atoms with Crippen molar-refractivity contribution in [2.45, 2.75) is 55.2 Å². The van der Waals surface area contributed by atoms with Crippen molar-refractivity contribution >= 4 is 11.7 Å². The minimum atomic E-state index is -0.180. The number of esters is 1. The third-order valence-electron chi connectivity index (χ3n) is 9.51. The number of likely N-dealkylation sites (N-methyl/N-ethyl adjacent to an activating group) is 1. The van der Waals surface area contributed by atoms with Gasteiger partial charge >= 0.3 is 5.97 Å². The minimum absolute atomic E-state index is 0.00903. The van der Waals surface area contributed by atoms with Gasteiger partial charge in [-0.05, 0) is 50.3 Å². The third kappa shape index (κ3) is 1.53. The Hall–Kier alpha value is -1.59. The molecule has 28 heavy (non-hydrogen) atoms. The maximum absolute atomic E-state index is 13.2. The summed E-state index contributed by atoms with van der Waals surface area (Å²) < 4.78 is 11.6. The van der Waals surface area contributed by atoms with Crippen molar-refractivity contribution in [2.24, 2.45) is 11.3 Å². The molecule has 3 saturated carbocycles. The molecule has 0 aromatic heterocycles. The van der Waals surface area contributed by atoms with Crippen LogP contribution in [-0.4, -0.2) is 62.9 Å². The molecule has 2 bridgehead atoms. The molecule has 5 nitrogen and oxygen atoms in total. The van der Waals surface area contributed by atoms with E-state index in [0.717, 1.165) is 45.2 Å². The van der Waals surface area contributed by atoms with Crippen molar-refractivity contribution in [1.29, 1.82) is 0 Å². The summed E-state index contributed by atoms with van der Waals surface area (Å²) >= 11 is 0. The van der Waals surface area contributed by atoms with Crippen molar-refractivity contribution in [2.75, 3.05) is 39.3 Å². The first kappa shape index (κ1) is 17.3. The second-order valence-corrected chi connectivity index (χ2v) is 9.69. The highest BCUT2D eigenvalue weighted by Gasteiger charge is 2.81. The van der Waals surface area contributed by atoms with Gasteiger partial charge in [0, 0.05) is 43.3 Å². The number of para-hydroxylation sites is 1. The van der Waals surface area contributed by atoms with Gasteiger partial charge in [0.05, 0.1) is 24.7 Å². The molecule has 150 valence electrons. The van der Waals surface area contributed by atoms with E-state index in [2.05, 4.69) is 41.1 Å². The lowest BCUT2D eigenvalue weighted by atomic mass is 9.38. The molecule has 3 heterocycles. The van der Waals surface area contributed by atoms with Gasteiger partial charge in [-0.1, -0.05) is 18.2 Å². The van der Waals surface area contributed by atoms with E-state index in [4.69, 9.17) is 9.47 Å². The standard InChI is InChI=1S/C23H30N2O3/c1-24-17-7-5-4-6-15(17)22-11-13-25-12-8-18(27-2)21(20(22)25)9-10-23(22,24)16(14-21)19(26)28-3/h4-7,16,18,20H,8-14H2,1-3H3. The summed E-state index contributed by atoms with van der Waals surface area (Å²) in [6.07, 6.45) is 5.50. The first-order chi connectivity index (χ1) is 13.6. The summed E-state index contributed by atoms with van der Waals surface area (Å²) in [6, 6.07) is 9.37. The van der Waals surface area contributed by atoms with Gasteiger partial charge < -0.3 is 14.4 Å². The van der Waals surface area contributed by atoms with Crippen LogP contribution in [0.5, 0.6) is 0 Å². The average Bonchev–Trinajstić information content (AvgIpc) is 3.25. The average molecular weight is 383 g/mol. The number of fused-ring (bicyclic) bond motifs is 3. The van der Waals surface area contributed by atoms with Gasteiger partial charge in [-0.3, -0.25) is 9.69 Å². The van der Waals surface area contributed by atoms with Crippen molar-refractivity contribution in [1.82, 2.24) is 4.90 Å². The van der Waals surface area contributed by atoms with Crippen molar-refractivity contribution in [3.63, 3.8) is 0 Å². The number of hydrogen-bond donors (Lipinski definition) is 0. The normalized spacial score (nSPS) is 45.5. The van der Waals surface area contributed by atoms with Crippen LogP contribution >= 0.6 is 0 Å². The summed E-state index contributed by atoms with van der Waals surface area (Å²) in [7, 11) is 5.65. The predicted octanol–water partition coefficient (Wildman–Crippen LogP) is 2.58. The fraction of sp³-hybridized carbons (Fsp3) is 0.696. The molecule has 1 aromatic rings. The molecule has 1 aromatic carbocycles. The van der Waals surface area contributed by atoms with Crippen LogP contribution in [0.3, 0.4) is 0 Å². The number of carbonyl (C=O) groups is 1. The van der Waals surface area contributed by atoms with Crippen molar-refractivity contribution in [3.8, 4) is 0 Å². The van der Waals surface area contributed by atoms with Gasteiger partial charge in [0.15, 0.2) is 0 Å². The van der Waals surface area contributed by atoms with Crippen LogP contribution < -0.4 is 4.90 Å². The predicted molar refractivity (Wildman–Crippen MR) is 106 cm³/mol. The summed E-state index contributed by atoms with van der Waals surface area (Å²) in [4.78, 5) is 18.4. The van der Waals surface area contributed by atoms with Gasteiger partial charge in [-0.2, -0.15) is 0 Å². The van der Waals surface area contributed by atoms with Gasteiger partial charge in [-0.15, -0.1) is 0 Å². The molecular weight excluding hydrogens is 352 g/mol. The van der Waals surface area contributed by atoms with Crippen LogP contribution in [0.4, 0.5) is 5.69 Å². The number of carbonyl (C=O) groups excluding carboxylic acids is 1. The van der Waals surface area contributed by atoms with Crippen molar-refractivity contribution < 1.29 is 14.3 Å². The number of methoxy groups -OCH3 is 2. The number of hydrogen-bond acceptors (Lipinski definition) is 5. The number of anilines is 1. The Morgan fingerprint density at radius 2 is 1.96 bits per heavy atom. The Labute approximate surface area is 167 Å². The molecule has 2 saturated heterocycles. The SMILES string of the molecule is COC(=O)C1CC23CCC14N(C)c1ccccc1C41CCN(CCC2OC)C31. The maximum Gasteiger partial charge on any atom is 0.311 e. The Kier molecular flexibility index (Phi) is 3.28. The summed E-state index contributed by atoms with van der Waals surface area (Å²) in [5.74, 6) is -0.133. The monoisotopic (exact) mass is 382 g/mol. The Balaban J connectivity index is 1.67. The van der Waals surface area contributed by atoms with E-state index in [0.29, 0.717) is 6.04 Å². The van der Waals surface area contributed by atoms with E-state index in [1.165, 1.54) is 11.3 Å². The van der Waals surface area contributed by atoms with Gasteiger partial charge in [-0.25, -0.2) is 0 Å². The number of rotatable bonds is 2. The summed E-state index contributed by atoms with van der Waals surface area (Å²) in [5.41, 5.74) is 2.63. The van der Waals surface area contributed by atoms with E-state index < -0.39 is 0 Å². The first-order valence-electron chi connectivity index (χ1n) is 10.7. The molecule has 0 radical (unpaired) electrons. The van der Waals surface area contributed by atoms with Gasteiger partial charge in [0.2, 0.25) is 0 Å². The second-order valence-electron chi connectivity index (χ2n) is 9.69. The van der Waals surface area contributed by atoms with Crippen LogP contribution in [0.1, 0.15) is 37.7 Å². The molecule has 0 N–H and O–H groups in total. The maximum atomic E-state index is 13.2. The molecule has 3 aliphatic heterocycles. The highest BCUT2D eigenvalue weighted by Crippen LogP contribution is 2.75. The summed E-state index contributed by atoms with van der Waals surface area (Å²) in [5, 5.41) is 0. The van der Waals surface area contributed by atoms with Crippen molar-refractivity contribution in [3.05, 3.63) is 29.8 Å². The lowest BCUT2D eigenvalue weighted by Crippen LogP contribution is -2.80. The number of benzene rings is 1. The van der Waals surface area contributed by atoms with Crippen LogP contribution in [0.15, 0.2) is 24.3 Å². The lowest BCUT2D eigenvalue weighted by Gasteiger charge is -2.71. The Morgan fingerprint density at radius 3 is 2.75 bits per heavy atom. The van der Waals surface area contributed by atoms with Crippen LogP contribution in [0, 0.1) is 11.3 Å². The zero-order valence-electron chi connectivity index (χ0n) is 17.1. The van der Waals surface area contributed by atoms with Crippen LogP contribution in [-0.2, 0) is 19.7 Å². The molecule has 0 amide bonds. The minimum Gasteiger partial charge on any atom is -0.469 e. The fourth-order valence-corrected chi connectivity index (χ4v) is 8.86. The molecule has 6 atom stereocenters. The number of piperidine rings is 1. The topological polar surface area (TPSA) is 42.0 Å². The van der Waals surface area contributed by atoms with E-state index >= 15 is 0 Å². The number of ether oxygens (including phenoxy) is 2. The molecule has 3 spiro atoms. The molecular formula is C23H30N2O3. The van der Waals surface area contributed by atoms with E-state index in [9.17, 15) is 4.79 Å². The largest absolute Gasteiger partial charge is 0.469 e. The molecule has 7 rings (SSSR count). The quantitative estimate of drug-likeness (QED) is 0.736. The van der Waals surface area contributed by atoms with Crippen LogP contribution in [0.2, 0.25) is 0 Å². The zero-order valence-corrected chi connectivity index (χ0v) is 17.1. The molecule has 6 aliphatic rings. The van der Waals surface area contributed by atoms with Gasteiger partial charge in [0.25, 0.3) is 0 Å². The zero-order chi connectivity index (χ0) is 19.3. The highest BCUT2D eigenvalue weighted by molar-refractivity contribution is 5.81. The van der Waals surface area contributed by atoms with E-state index in [1.807, 2.05) is 7.11 Å². The fourth-order valence-electron chi connectivity index (χ4n) is 8.86. The molecule has 3 aliphatic carbocycles. The molecule has 5 heteroatoms. The smallest absolute Gasteiger partial charge is 0.311 e. The second kappa shape index (κ2) is 5.31. The highest BCUT2D eigenvalue weighted by atomic mass is 16.5. The molecule has 5 fully saturated rings. The molecule has 6 unspecified atom stereocenters. The third-order valence-corrected chi connectivity index (χ3v) is 9.51. The van der Waals surface area contributed by atoms with Gasteiger partial charge in [0.1, 0.15) is 0 Å². The Morgan fingerprint density at radius 1 is 1.14 bits per heavy atom. The summed E-state index contributed by atoms with van der Waals surface area (Å²) in [6.45, 7) is 2.23. The van der Waals surface area contributed by atoms with Crippen LogP contribution in [0.25, 0.3) is 0 Å². The van der Waals surface area contributed by atoms with E-state index in [1.54, 1.807) is 7.11 Å². The van der Waals surface area contributed by atoms with E-state index in [-0.39, 0.29) is 34.4 Å². The lowest BCUT2D eigenvalue weighted by molar-refractivity contribution is -0.205. The first-order valence-corrected chi connectivity index (χ1v) is 10.7. The number of nitrogens with zero attached hydrogens (tertiary/aromatic N) is 2. The Bertz CT molecular complexity index is 858.